The predicted octanol–water partition coefficient (Wildman–Crippen LogP) is 3.79. The molecule has 3 aromatic carbocycles. The van der Waals surface area contributed by atoms with Crippen LogP contribution in [0.2, 0.25) is 0 Å². The standard InChI is InChI=1S/C26H23N3O5/c1-16-13-14-21(33-3)20(15-16)27-24(30)23(17-9-5-4-6-10-17)34-26(32)22-18-11-7-8-12-19(18)25(31)29(2)28-22/h4-15,23H,1-3H3,(H,27,30)/t23-/m1/s1. The molecule has 1 amide bonds. The van der Waals surface area contributed by atoms with E-state index in [2.05, 4.69) is 10.4 Å². The number of ether oxygens (including phenoxy) is 2. The van der Waals surface area contributed by atoms with Crippen molar-refractivity contribution in [3.8, 4) is 5.75 Å². The summed E-state index contributed by atoms with van der Waals surface area (Å²) >= 11 is 0. The number of fused-ring (bicyclic) bond motifs is 1. The third kappa shape index (κ3) is 4.52. The van der Waals surface area contributed by atoms with Crippen molar-refractivity contribution in [2.75, 3.05) is 12.4 Å². The van der Waals surface area contributed by atoms with Gasteiger partial charge in [0, 0.05) is 18.0 Å². The lowest BCUT2D eigenvalue weighted by Gasteiger charge is -2.19. The van der Waals surface area contributed by atoms with Gasteiger partial charge in [0.25, 0.3) is 11.5 Å². The number of rotatable bonds is 6. The number of esters is 1. The Kier molecular flexibility index (Phi) is 6.40. The third-order valence-corrected chi connectivity index (χ3v) is 5.33. The Hall–Kier alpha value is -4.46. The largest absolute Gasteiger partial charge is 0.495 e. The summed E-state index contributed by atoms with van der Waals surface area (Å²) in [4.78, 5) is 39.0. The first-order valence-corrected chi connectivity index (χ1v) is 10.6. The molecule has 0 saturated carbocycles. The molecule has 0 aliphatic rings. The van der Waals surface area contributed by atoms with Gasteiger partial charge in [-0.1, -0.05) is 54.6 Å². The second-order valence-electron chi connectivity index (χ2n) is 7.71. The van der Waals surface area contributed by atoms with E-state index in [0.29, 0.717) is 27.8 Å². The van der Waals surface area contributed by atoms with Crippen molar-refractivity contribution < 1.29 is 19.1 Å². The predicted molar refractivity (Wildman–Crippen MR) is 128 cm³/mol. The van der Waals surface area contributed by atoms with E-state index in [1.54, 1.807) is 66.7 Å². The van der Waals surface area contributed by atoms with Crippen LogP contribution < -0.4 is 15.6 Å². The molecule has 4 aromatic rings. The number of amides is 1. The molecule has 0 fully saturated rings. The van der Waals surface area contributed by atoms with Crippen LogP contribution in [0.15, 0.2) is 77.6 Å². The summed E-state index contributed by atoms with van der Waals surface area (Å²) in [6.07, 6.45) is -1.27. The smallest absolute Gasteiger partial charge is 0.360 e. The lowest BCUT2D eigenvalue weighted by molar-refractivity contribution is -0.125. The van der Waals surface area contributed by atoms with E-state index in [4.69, 9.17) is 9.47 Å². The van der Waals surface area contributed by atoms with Gasteiger partial charge in [0.2, 0.25) is 6.10 Å². The summed E-state index contributed by atoms with van der Waals surface area (Å²) in [5.41, 5.74) is 1.46. The fourth-order valence-corrected chi connectivity index (χ4v) is 3.63. The van der Waals surface area contributed by atoms with Crippen LogP contribution in [0.4, 0.5) is 5.69 Å². The summed E-state index contributed by atoms with van der Waals surface area (Å²) in [5.74, 6) is -0.910. The van der Waals surface area contributed by atoms with Crippen molar-refractivity contribution >= 4 is 28.3 Å². The second-order valence-corrected chi connectivity index (χ2v) is 7.71. The van der Waals surface area contributed by atoms with Crippen LogP contribution in [0.1, 0.15) is 27.7 Å². The quantitative estimate of drug-likeness (QED) is 0.442. The summed E-state index contributed by atoms with van der Waals surface area (Å²) in [6, 6.07) is 20.7. The van der Waals surface area contributed by atoms with Crippen molar-refractivity contribution in [1.29, 1.82) is 0 Å². The summed E-state index contributed by atoms with van der Waals surface area (Å²) in [5, 5.41) is 7.59. The maximum absolute atomic E-state index is 13.3. The highest BCUT2D eigenvalue weighted by Gasteiger charge is 2.28. The summed E-state index contributed by atoms with van der Waals surface area (Å²) in [7, 11) is 2.96. The molecular weight excluding hydrogens is 434 g/mol. The molecule has 0 unspecified atom stereocenters. The average molecular weight is 457 g/mol. The zero-order chi connectivity index (χ0) is 24.2. The van der Waals surface area contributed by atoms with E-state index in [1.807, 2.05) is 13.0 Å². The number of hydrogen-bond donors (Lipinski definition) is 1. The van der Waals surface area contributed by atoms with Crippen molar-refractivity contribution in [1.82, 2.24) is 9.78 Å². The van der Waals surface area contributed by atoms with Gasteiger partial charge in [-0.2, -0.15) is 5.10 Å². The molecule has 0 spiro atoms. The fraction of sp³-hybridized carbons (Fsp3) is 0.154. The minimum atomic E-state index is -1.27. The van der Waals surface area contributed by atoms with E-state index in [1.165, 1.54) is 14.2 Å². The Labute approximate surface area is 195 Å². The third-order valence-electron chi connectivity index (χ3n) is 5.33. The first-order valence-electron chi connectivity index (χ1n) is 10.6. The molecule has 0 radical (unpaired) electrons. The fourth-order valence-electron chi connectivity index (χ4n) is 3.63. The number of carbonyl (C=O) groups is 2. The van der Waals surface area contributed by atoms with Crippen LogP contribution in [-0.2, 0) is 16.6 Å². The molecule has 8 nitrogen and oxygen atoms in total. The first-order chi connectivity index (χ1) is 16.4. The minimum Gasteiger partial charge on any atom is -0.495 e. The monoisotopic (exact) mass is 457 g/mol. The van der Waals surface area contributed by atoms with Gasteiger partial charge < -0.3 is 14.8 Å². The van der Waals surface area contributed by atoms with E-state index >= 15 is 0 Å². The van der Waals surface area contributed by atoms with Crippen LogP contribution in [0.5, 0.6) is 5.75 Å². The Morgan fingerprint density at radius 3 is 2.35 bits per heavy atom. The van der Waals surface area contributed by atoms with Crippen LogP contribution in [0.25, 0.3) is 10.8 Å². The summed E-state index contributed by atoms with van der Waals surface area (Å²) in [6.45, 7) is 1.89. The molecule has 1 N–H and O–H groups in total. The van der Waals surface area contributed by atoms with Gasteiger partial charge in [-0.15, -0.1) is 0 Å². The number of nitrogens with zero attached hydrogens (tertiary/aromatic N) is 2. The molecule has 0 aliphatic carbocycles. The normalized spacial score (nSPS) is 11.6. The molecule has 4 rings (SSSR count). The lowest BCUT2D eigenvalue weighted by Crippen LogP contribution is -2.28. The van der Waals surface area contributed by atoms with Gasteiger partial charge in [0.15, 0.2) is 5.69 Å². The van der Waals surface area contributed by atoms with Gasteiger partial charge in [-0.25, -0.2) is 9.48 Å². The lowest BCUT2D eigenvalue weighted by atomic mass is 10.1. The SMILES string of the molecule is COc1ccc(C)cc1NC(=O)[C@H](OC(=O)c1nn(C)c(=O)c2ccccc12)c1ccccc1. The molecule has 1 atom stereocenters. The van der Waals surface area contributed by atoms with Crippen LogP contribution in [0, 0.1) is 6.92 Å². The van der Waals surface area contributed by atoms with Crippen molar-refractivity contribution in [2.45, 2.75) is 13.0 Å². The average Bonchev–Trinajstić information content (AvgIpc) is 2.85. The molecule has 34 heavy (non-hydrogen) atoms. The highest BCUT2D eigenvalue weighted by Crippen LogP contribution is 2.28. The van der Waals surface area contributed by atoms with E-state index in [-0.39, 0.29) is 11.3 Å². The number of benzene rings is 3. The molecular formula is C26H23N3O5. The molecule has 1 heterocycles. The van der Waals surface area contributed by atoms with Crippen LogP contribution >= 0.6 is 0 Å². The maximum atomic E-state index is 13.3. The number of carbonyl (C=O) groups excluding carboxylic acids is 2. The molecule has 0 bridgehead atoms. The van der Waals surface area contributed by atoms with Gasteiger partial charge in [0.05, 0.1) is 18.2 Å². The minimum absolute atomic E-state index is 0.0560. The molecule has 172 valence electrons. The Bertz CT molecular complexity index is 1430. The van der Waals surface area contributed by atoms with Crippen molar-refractivity contribution in [3.05, 3.63) is 100.0 Å². The van der Waals surface area contributed by atoms with Crippen LogP contribution in [-0.4, -0.2) is 28.8 Å². The molecule has 1 aromatic heterocycles. The van der Waals surface area contributed by atoms with Crippen molar-refractivity contribution in [2.24, 2.45) is 7.05 Å². The maximum Gasteiger partial charge on any atom is 0.360 e. The zero-order valence-electron chi connectivity index (χ0n) is 18.9. The van der Waals surface area contributed by atoms with E-state index in [0.717, 1.165) is 10.2 Å². The number of nitrogens with one attached hydrogen (secondary N) is 1. The highest BCUT2D eigenvalue weighted by atomic mass is 16.5. The Morgan fingerprint density at radius 1 is 0.971 bits per heavy atom. The van der Waals surface area contributed by atoms with Crippen LogP contribution in [0.3, 0.4) is 0 Å². The first kappa shape index (κ1) is 22.7. The van der Waals surface area contributed by atoms with E-state index in [9.17, 15) is 14.4 Å². The van der Waals surface area contributed by atoms with Gasteiger partial charge in [-0.05, 0) is 30.7 Å². The highest BCUT2D eigenvalue weighted by molar-refractivity contribution is 6.04. The van der Waals surface area contributed by atoms with Crippen molar-refractivity contribution in [3.63, 3.8) is 0 Å². The second kappa shape index (κ2) is 9.58. The topological polar surface area (TPSA) is 99.5 Å². The molecule has 0 aliphatic heterocycles. The number of aromatic nitrogens is 2. The molecule has 0 saturated heterocycles. The zero-order valence-corrected chi connectivity index (χ0v) is 18.9. The number of hydrogen-bond acceptors (Lipinski definition) is 6. The van der Waals surface area contributed by atoms with Gasteiger partial charge in [0.1, 0.15) is 5.75 Å². The van der Waals surface area contributed by atoms with Gasteiger partial charge in [-0.3, -0.25) is 9.59 Å². The Morgan fingerprint density at radius 2 is 1.65 bits per heavy atom. The van der Waals surface area contributed by atoms with E-state index < -0.39 is 18.0 Å². The number of methoxy groups -OCH3 is 1. The summed E-state index contributed by atoms with van der Waals surface area (Å²) < 4.78 is 12.1. The number of anilines is 1. The van der Waals surface area contributed by atoms with Gasteiger partial charge >= 0.3 is 5.97 Å². The Balaban J connectivity index is 1.71. The molecule has 8 heteroatoms. The number of aryl methyl sites for hydroxylation is 2.